The Morgan fingerprint density at radius 2 is 1.50 bits per heavy atom. The molecule has 2 aromatic carbocycles. The van der Waals surface area contributed by atoms with Crippen LogP contribution >= 0.6 is 46.4 Å². The van der Waals surface area contributed by atoms with Gasteiger partial charge in [0.15, 0.2) is 6.61 Å². The quantitative estimate of drug-likeness (QED) is 0.234. The first-order chi connectivity index (χ1) is 16.0. The van der Waals surface area contributed by atoms with Gasteiger partial charge in [0.05, 0.1) is 51.1 Å². The molecular formula is C21H16Cl4N2O7. The number of amides is 3. The number of ether oxygens (including phenoxy) is 3. The predicted molar refractivity (Wildman–Crippen MR) is 126 cm³/mol. The molecule has 0 aliphatic carbocycles. The Morgan fingerprint density at radius 3 is 2.00 bits per heavy atom. The Morgan fingerprint density at radius 1 is 0.941 bits per heavy atom. The maximum atomic E-state index is 12.8. The molecule has 3 rings (SSSR count). The minimum Gasteiger partial charge on any atom is -0.497 e. The van der Waals surface area contributed by atoms with Crippen molar-refractivity contribution < 1.29 is 33.4 Å². The zero-order valence-corrected chi connectivity index (χ0v) is 20.9. The molecule has 1 heterocycles. The Labute approximate surface area is 213 Å². The van der Waals surface area contributed by atoms with Crippen LogP contribution in [0.5, 0.6) is 11.5 Å². The highest BCUT2D eigenvalue weighted by atomic mass is 35.5. The van der Waals surface area contributed by atoms with Gasteiger partial charge in [0, 0.05) is 6.07 Å². The number of fused-ring (bicyclic) bond motifs is 1. The summed E-state index contributed by atoms with van der Waals surface area (Å²) in [6, 6.07) is 3.30. The third-order valence-electron chi connectivity index (χ3n) is 4.89. The van der Waals surface area contributed by atoms with Gasteiger partial charge in [-0.05, 0) is 19.1 Å². The average molecular weight is 550 g/mol. The second kappa shape index (κ2) is 10.3. The summed E-state index contributed by atoms with van der Waals surface area (Å²) in [5.41, 5.74) is -0.221. The van der Waals surface area contributed by atoms with Gasteiger partial charge in [-0.2, -0.15) is 0 Å². The molecule has 1 aliphatic rings. The van der Waals surface area contributed by atoms with Gasteiger partial charge in [-0.25, -0.2) is 4.79 Å². The number of imide groups is 1. The molecule has 0 spiro atoms. The topological polar surface area (TPSA) is 111 Å². The number of nitrogens with zero attached hydrogens (tertiary/aromatic N) is 1. The van der Waals surface area contributed by atoms with Gasteiger partial charge in [0.25, 0.3) is 17.7 Å². The molecule has 34 heavy (non-hydrogen) atoms. The van der Waals surface area contributed by atoms with E-state index in [1.165, 1.54) is 21.1 Å². The first kappa shape index (κ1) is 25.9. The highest BCUT2D eigenvalue weighted by Gasteiger charge is 2.45. The molecule has 0 saturated heterocycles. The average Bonchev–Trinajstić information content (AvgIpc) is 3.09. The van der Waals surface area contributed by atoms with Crippen molar-refractivity contribution in [3.8, 4) is 11.5 Å². The van der Waals surface area contributed by atoms with E-state index in [1.807, 2.05) is 0 Å². The van der Waals surface area contributed by atoms with Crippen molar-refractivity contribution >= 4 is 75.8 Å². The molecular weight excluding hydrogens is 534 g/mol. The number of benzene rings is 2. The van der Waals surface area contributed by atoms with Crippen LogP contribution in [0.4, 0.5) is 5.69 Å². The maximum absolute atomic E-state index is 12.8. The van der Waals surface area contributed by atoms with E-state index in [0.717, 1.165) is 0 Å². The zero-order valence-electron chi connectivity index (χ0n) is 17.8. The maximum Gasteiger partial charge on any atom is 0.329 e. The molecule has 13 heteroatoms. The smallest absolute Gasteiger partial charge is 0.329 e. The number of rotatable bonds is 7. The van der Waals surface area contributed by atoms with Gasteiger partial charge in [-0.3, -0.25) is 19.3 Å². The fourth-order valence-corrected chi connectivity index (χ4v) is 4.18. The molecule has 180 valence electrons. The zero-order chi connectivity index (χ0) is 25.3. The molecule has 0 unspecified atom stereocenters. The van der Waals surface area contributed by atoms with Gasteiger partial charge in [0.1, 0.15) is 17.5 Å². The number of carbonyl (C=O) groups excluding carboxylic acids is 4. The number of carbonyl (C=O) groups is 4. The van der Waals surface area contributed by atoms with Crippen LogP contribution in [0.1, 0.15) is 27.6 Å². The highest BCUT2D eigenvalue weighted by Crippen LogP contribution is 2.45. The van der Waals surface area contributed by atoms with Crippen LogP contribution in [0, 0.1) is 0 Å². The Kier molecular flexibility index (Phi) is 7.82. The number of hydrogen-bond donors (Lipinski definition) is 1. The summed E-state index contributed by atoms with van der Waals surface area (Å²) in [5, 5.41) is 1.60. The van der Waals surface area contributed by atoms with Crippen LogP contribution in [0.2, 0.25) is 20.1 Å². The lowest BCUT2D eigenvalue weighted by atomic mass is 10.1. The fraction of sp³-hybridized carbons (Fsp3) is 0.238. The van der Waals surface area contributed by atoms with E-state index >= 15 is 0 Å². The summed E-state index contributed by atoms with van der Waals surface area (Å²) >= 11 is 24.1. The van der Waals surface area contributed by atoms with Crippen molar-refractivity contribution in [3.05, 3.63) is 49.4 Å². The van der Waals surface area contributed by atoms with Crippen molar-refractivity contribution in [1.29, 1.82) is 0 Å². The fourth-order valence-electron chi connectivity index (χ4n) is 3.17. The summed E-state index contributed by atoms with van der Waals surface area (Å²) < 4.78 is 15.3. The van der Waals surface area contributed by atoms with Crippen LogP contribution in [-0.4, -0.2) is 55.5 Å². The van der Waals surface area contributed by atoms with Gasteiger partial charge < -0.3 is 19.5 Å². The molecule has 0 bridgehead atoms. The minimum absolute atomic E-state index is 0.198. The van der Waals surface area contributed by atoms with E-state index in [4.69, 9.17) is 60.6 Å². The molecule has 0 aromatic heterocycles. The summed E-state index contributed by atoms with van der Waals surface area (Å²) in [7, 11) is 2.89. The van der Waals surface area contributed by atoms with Crippen molar-refractivity contribution in [2.75, 3.05) is 26.1 Å². The number of nitrogens with one attached hydrogen (secondary N) is 1. The number of anilines is 1. The standard InChI is InChI=1S/C21H16Cl4N2O7/c1-8(27-19(29)13-14(20(27)30)16(23)18(25)17(24)15(13)22)21(31)34-7-12(28)26-10-5-4-9(32-2)6-11(10)33-3/h4-6,8H,7H2,1-3H3,(H,26,28)/t8-/m0/s1. The lowest BCUT2D eigenvalue weighted by Crippen LogP contribution is -2.44. The molecule has 1 N–H and O–H groups in total. The first-order valence-electron chi connectivity index (χ1n) is 9.45. The van der Waals surface area contributed by atoms with E-state index in [1.54, 1.807) is 18.2 Å². The normalized spacial score (nSPS) is 13.4. The lowest BCUT2D eigenvalue weighted by Gasteiger charge is -2.21. The van der Waals surface area contributed by atoms with Crippen molar-refractivity contribution in [3.63, 3.8) is 0 Å². The molecule has 0 radical (unpaired) electrons. The second-order valence-corrected chi connectivity index (χ2v) is 8.40. The van der Waals surface area contributed by atoms with Crippen LogP contribution < -0.4 is 14.8 Å². The van der Waals surface area contributed by atoms with Crippen LogP contribution in [0.3, 0.4) is 0 Å². The Balaban J connectivity index is 1.70. The highest BCUT2D eigenvalue weighted by molar-refractivity contribution is 6.55. The number of halogens is 4. The summed E-state index contributed by atoms with van der Waals surface area (Å²) in [6.45, 7) is 0.556. The van der Waals surface area contributed by atoms with E-state index in [0.29, 0.717) is 22.1 Å². The molecule has 1 atom stereocenters. The molecule has 0 saturated carbocycles. The van der Waals surface area contributed by atoms with Crippen molar-refractivity contribution in [2.24, 2.45) is 0 Å². The molecule has 2 aromatic rings. The molecule has 3 amide bonds. The first-order valence-corrected chi connectivity index (χ1v) is 11.0. The molecule has 1 aliphatic heterocycles. The van der Waals surface area contributed by atoms with Crippen molar-refractivity contribution in [2.45, 2.75) is 13.0 Å². The molecule has 9 nitrogen and oxygen atoms in total. The van der Waals surface area contributed by atoms with Crippen LogP contribution in [0.25, 0.3) is 0 Å². The van der Waals surface area contributed by atoms with Gasteiger partial charge in [-0.1, -0.05) is 46.4 Å². The number of hydrogen-bond acceptors (Lipinski definition) is 7. The van der Waals surface area contributed by atoms with Gasteiger partial charge in [0.2, 0.25) is 0 Å². The van der Waals surface area contributed by atoms with Crippen molar-refractivity contribution in [1.82, 2.24) is 4.90 Å². The summed E-state index contributed by atoms with van der Waals surface area (Å²) in [6.07, 6.45) is 0. The monoisotopic (exact) mass is 548 g/mol. The summed E-state index contributed by atoms with van der Waals surface area (Å²) in [4.78, 5) is 51.1. The second-order valence-electron chi connectivity index (χ2n) is 6.88. The summed E-state index contributed by atoms with van der Waals surface area (Å²) in [5.74, 6) is -2.67. The van der Waals surface area contributed by atoms with E-state index in [9.17, 15) is 19.2 Å². The van der Waals surface area contributed by atoms with Crippen LogP contribution in [0.15, 0.2) is 18.2 Å². The van der Waals surface area contributed by atoms with E-state index in [-0.39, 0.29) is 31.2 Å². The Bertz CT molecular complexity index is 1170. The minimum atomic E-state index is -1.40. The van der Waals surface area contributed by atoms with Gasteiger partial charge in [-0.15, -0.1) is 0 Å². The number of esters is 1. The lowest BCUT2D eigenvalue weighted by molar-refractivity contribution is -0.150. The van der Waals surface area contributed by atoms with Crippen LogP contribution in [-0.2, 0) is 14.3 Å². The predicted octanol–water partition coefficient (Wildman–Crippen LogP) is 4.48. The molecule has 0 fully saturated rings. The largest absolute Gasteiger partial charge is 0.497 e. The van der Waals surface area contributed by atoms with Gasteiger partial charge >= 0.3 is 5.97 Å². The van der Waals surface area contributed by atoms with E-state index < -0.39 is 36.3 Å². The SMILES string of the molecule is COc1ccc(NC(=O)COC(=O)[C@H](C)N2C(=O)c3c(Cl)c(Cl)c(Cl)c(Cl)c3C2=O)c(OC)c1. The number of methoxy groups -OCH3 is 2. The van der Waals surface area contributed by atoms with E-state index in [2.05, 4.69) is 5.32 Å². The Hall–Kier alpha value is -2.72. The third-order valence-corrected chi connectivity index (χ3v) is 6.69. The third kappa shape index (κ3) is 4.61.